The minimum atomic E-state index is -4.37. The zero-order valence-corrected chi connectivity index (χ0v) is 13.7. The predicted octanol–water partition coefficient (Wildman–Crippen LogP) is 3.11. The van der Waals surface area contributed by atoms with E-state index in [9.17, 15) is 22.8 Å². The molecule has 1 aliphatic heterocycles. The van der Waals surface area contributed by atoms with Crippen molar-refractivity contribution in [2.24, 2.45) is 0 Å². The number of hydrogen-bond donors (Lipinski definition) is 1. The summed E-state index contributed by atoms with van der Waals surface area (Å²) >= 11 is 4.68. The molecule has 2 amide bonds. The van der Waals surface area contributed by atoms with Gasteiger partial charge in [-0.05, 0) is 47.8 Å². The van der Waals surface area contributed by atoms with Crippen molar-refractivity contribution in [3.05, 3.63) is 48.1 Å². The third kappa shape index (κ3) is 4.45. The number of nitrogens with zero attached hydrogens (tertiary/aromatic N) is 1. The van der Waals surface area contributed by atoms with Gasteiger partial charge in [0.1, 0.15) is 5.57 Å². The lowest BCUT2D eigenvalue weighted by atomic mass is 10.1. The highest BCUT2D eigenvalue weighted by molar-refractivity contribution is 8.00. The van der Waals surface area contributed by atoms with Crippen molar-refractivity contribution in [2.75, 3.05) is 6.54 Å². The normalized spacial score (nSPS) is 17.2. The van der Waals surface area contributed by atoms with Crippen LogP contribution in [0, 0.1) is 0 Å². The Hall–Kier alpha value is -2.13. The van der Waals surface area contributed by atoms with Crippen molar-refractivity contribution in [1.29, 1.82) is 0 Å². The second kappa shape index (κ2) is 7.18. The van der Waals surface area contributed by atoms with Crippen LogP contribution in [0.1, 0.15) is 5.56 Å². The summed E-state index contributed by atoms with van der Waals surface area (Å²) in [5.74, 6) is -1.24. The highest BCUT2D eigenvalue weighted by Crippen LogP contribution is 2.36. The fourth-order valence-corrected chi connectivity index (χ4v) is 2.71. The number of amides is 2. The summed E-state index contributed by atoms with van der Waals surface area (Å²) in [5.41, 5.74) is -4.10. The van der Waals surface area contributed by atoms with E-state index in [2.05, 4.69) is 11.9 Å². The lowest BCUT2D eigenvalue weighted by Crippen LogP contribution is -2.53. The van der Waals surface area contributed by atoms with Crippen LogP contribution in [-0.2, 0) is 9.59 Å². The molecule has 0 spiro atoms. The Morgan fingerprint density at radius 3 is 2.42 bits per heavy atom. The minimum absolute atomic E-state index is 0.0125. The number of thioether (sulfide) groups is 1. The molecule has 24 heavy (non-hydrogen) atoms. The molecular formula is C15H11F3N2O2S2. The van der Waals surface area contributed by atoms with Crippen LogP contribution in [0.4, 0.5) is 13.2 Å². The van der Waals surface area contributed by atoms with Crippen molar-refractivity contribution < 1.29 is 22.8 Å². The summed E-state index contributed by atoms with van der Waals surface area (Å²) in [7, 11) is 0. The van der Waals surface area contributed by atoms with Crippen molar-refractivity contribution in [3.8, 4) is 0 Å². The molecule has 2 rings (SSSR count). The van der Waals surface area contributed by atoms with E-state index in [0.717, 1.165) is 0 Å². The molecule has 0 saturated carbocycles. The molecule has 0 unspecified atom stereocenters. The topological polar surface area (TPSA) is 49.4 Å². The first-order chi connectivity index (χ1) is 11.2. The first-order valence-electron chi connectivity index (χ1n) is 6.57. The van der Waals surface area contributed by atoms with Gasteiger partial charge in [-0.15, -0.1) is 6.58 Å². The minimum Gasteiger partial charge on any atom is -0.298 e. The molecule has 1 aromatic rings. The fourth-order valence-electron chi connectivity index (χ4n) is 1.92. The smallest absolute Gasteiger partial charge is 0.298 e. The van der Waals surface area contributed by atoms with E-state index in [1.807, 2.05) is 0 Å². The molecule has 9 heteroatoms. The summed E-state index contributed by atoms with van der Waals surface area (Å²) < 4.78 is 36.9. The van der Waals surface area contributed by atoms with Gasteiger partial charge in [-0.1, -0.05) is 18.2 Å². The van der Waals surface area contributed by atoms with E-state index in [-0.39, 0.29) is 33.9 Å². The van der Waals surface area contributed by atoms with Crippen LogP contribution < -0.4 is 5.32 Å². The zero-order valence-electron chi connectivity index (χ0n) is 12.1. The monoisotopic (exact) mass is 372 g/mol. The van der Waals surface area contributed by atoms with E-state index in [0.29, 0.717) is 5.56 Å². The Morgan fingerprint density at radius 1 is 1.25 bits per heavy atom. The second-order valence-electron chi connectivity index (χ2n) is 4.64. The Kier molecular flexibility index (Phi) is 5.45. The lowest BCUT2D eigenvalue weighted by Gasteiger charge is -2.27. The van der Waals surface area contributed by atoms with Crippen molar-refractivity contribution in [2.45, 2.75) is 10.4 Å². The van der Waals surface area contributed by atoms with Crippen molar-refractivity contribution >= 4 is 47.0 Å². The van der Waals surface area contributed by atoms with Gasteiger partial charge >= 0.3 is 5.51 Å². The van der Waals surface area contributed by atoms with Crippen LogP contribution in [0.5, 0.6) is 0 Å². The molecule has 126 valence electrons. The van der Waals surface area contributed by atoms with Gasteiger partial charge in [-0.2, -0.15) is 13.2 Å². The molecule has 1 aromatic carbocycles. The number of rotatable bonds is 4. The third-order valence-corrected chi connectivity index (χ3v) is 3.98. The molecule has 1 N–H and O–H groups in total. The van der Waals surface area contributed by atoms with Crippen LogP contribution in [0.3, 0.4) is 0 Å². The average Bonchev–Trinajstić information content (AvgIpc) is 2.48. The SMILES string of the molecule is C=CCN1C(=O)/C(=C/c2ccc(SC(F)(F)F)cc2)C(=O)NC1=S. The Balaban J connectivity index is 2.25. The van der Waals surface area contributed by atoms with Crippen LogP contribution in [0.25, 0.3) is 6.08 Å². The number of hydrogen-bond acceptors (Lipinski definition) is 4. The number of nitrogens with one attached hydrogen (secondary N) is 1. The Morgan fingerprint density at radius 2 is 1.88 bits per heavy atom. The van der Waals surface area contributed by atoms with E-state index >= 15 is 0 Å². The molecule has 1 fully saturated rings. The first kappa shape index (κ1) is 18.2. The number of benzene rings is 1. The molecule has 1 aliphatic rings. The summed E-state index contributed by atoms with van der Waals surface area (Å²) in [6, 6.07) is 5.32. The quantitative estimate of drug-likeness (QED) is 0.290. The molecule has 4 nitrogen and oxygen atoms in total. The van der Waals surface area contributed by atoms with E-state index in [4.69, 9.17) is 12.2 Å². The highest BCUT2D eigenvalue weighted by Gasteiger charge is 2.32. The summed E-state index contributed by atoms with van der Waals surface area (Å²) in [6.45, 7) is 3.65. The molecule has 0 aromatic heterocycles. The molecule has 1 heterocycles. The van der Waals surface area contributed by atoms with Crippen LogP contribution in [-0.4, -0.2) is 33.9 Å². The summed E-state index contributed by atoms with van der Waals surface area (Å²) in [6.07, 6.45) is 2.76. The molecule has 0 radical (unpaired) electrons. The molecule has 1 saturated heterocycles. The maximum atomic E-state index is 12.3. The standard InChI is InChI=1S/C15H11F3N2O2S2/c1-2-7-20-13(22)11(12(21)19-14(20)23)8-9-3-5-10(6-4-9)24-15(16,17)18/h2-6,8H,1,7H2,(H,19,21,23)/b11-8+. The average molecular weight is 372 g/mol. The van der Waals surface area contributed by atoms with E-state index < -0.39 is 17.3 Å². The summed E-state index contributed by atoms with van der Waals surface area (Å²) in [5, 5.41) is 2.37. The van der Waals surface area contributed by atoms with Crippen molar-refractivity contribution in [3.63, 3.8) is 0 Å². The van der Waals surface area contributed by atoms with Gasteiger partial charge in [0.05, 0.1) is 0 Å². The lowest BCUT2D eigenvalue weighted by molar-refractivity contribution is -0.128. The highest BCUT2D eigenvalue weighted by atomic mass is 32.2. The zero-order chi connectivity index (χ0) is 17.9. The number of carbonyl (C=O) groups is 2. The number of halogens is 3. The second-order valence-corrected chi connectivity index (χ2v) is 6.16. The van der Waals surface area contributed by atoms with Gasteiger partial charge < -0.3 is 0 Å². The van der Waals surface area contributed by atoms with Crippen LogP contribution in [0.15, 0.2) is 47.4 Å². The van der Waals surface area contributed by atoms with Crippen LogP contribution in [0.2, 0.25) is 0 Å². The fraction of sp³-hybridized carbons (Fsp3) is 0.133. The van der Waals surface area contributed by atoms with Gasteiger partial charge in [0, 0.05) is 11.4 Å². The van der Waals surface area contributed by atoms with Crippen LogP contribution >= 0.6 is 24.0 Å². The maximum Gasteiger partial charge on any atom is 0.446 e. The van der Waals surface area contributed by atoms with Gasteiger partial charge in [0.2, 0.25) is 0 Å². The summed E-state index contributed by atoms with van der Waals surface area (Å²) in [4.78, 5) is 25.4. The maximum absolute atomic E-state index is 12.3. The van der Waals surface area contributed by atoms with E-state index in [1.54, 1.807) is 0 Å². The molecule has 0 aliphatic carbocycles. The molecular weight excluding hydrogens is 361 g/mol. The van der Waals surface area contributed by atoms with Gasteiger partial charge in [0.25, 0.3) is 11.8 Å². The van der Waals surface area contributed by atoms with Gasteiger partial charge in [-0.25, -0.2) is 0 Å². The van der Waals surface area contributed by atoms with Gasteiger partial charge in [0.15, 0.2) is 5.11 Å². The molecule has 0 atom stereocenters. The molecule has 0 bridgehead atoms. The van der Waals surface area contributed by atoms with E-state index in [1.165, 1.54) is 41.3 Å². The largest absolute Gasteiger partial charge is 0.446 e. The number of thiocarbonyl (C=S) groups is 1. The Labute approximate surface area is 145 Å². The third-order valence-electron chi connectivity index (χ3n) is 2.92. The van der Waals surface area contributed by atoms with Gasteiger partial charge in [-0.3, -0.25) is 19.8 Å². The first-order valence-corrected chi connectivity index (χ1v) is 7.79. The number of alkyl halides is 3. The Bertz CT molecular complexity index is 727. The predicted molar refractivity (Wildman–Crippen MR) is 89.0 cm³/mol. The van der Waals surface area contributed by atoms with Crippen molar-refractivity contribution in [1.82, 2.24) is 10.2 Å². The number of carbonyl (C=O) groups excluding carboxylic acids is 2.